The van der Waals surface area contributed by atoms with E-state index in [1.165, 1.54) is 18.0 Å². The second-order valence-corrected chi connectivity index (χ2v) is 7.57. The van der Waals surface area contributed by atoms with Crippen LogP contribution in [0, 0.1) is 10.1 Å². The first-order chi connectivity index (χ1) is 13.9. The van der Waals surface area contributed by atoms with Crippen LogP contribution in [0.4, 0.5) is 5.69 Å². The quantitative estimate of drug-likeness (QED) is 0.467. The minimum atomic E-state index is -0.498. The Hall–Kier alpha value is -3.20. The van der Waals surface area contributed by atoms with E-state index in [2.05, 4.69) is 22.4 Å². The van der Waals surface area contributed by atoms with Crippen LogP contribution >= 0.6 is 11.8 Å². The summed E-state index contributed by atoms with van der Waals surface area (Å²) in [6.07, 6.45) is 2.47. The van der Waals surface area contributed by atoms with Gasteiger partial charge in [-0.05, 0) is 48.4 Å². The summed E-state index contributed by atoms with van der Waals surface area (Å²) in [5.41, 5.74) is 2.28. The number of carbonyl (C=O) groups is 1. The van der Waals surface area contributed by atoms with Crippen molar-refractivity contribution < 1.29 is 9.72 Å². The number of hydrogen-bond donors (Lipinski definition) is 1. The van der Waals surface area contributed by atoms with Crippen molar-refractivity contribution in [1.29, 1.82) is 0 Å². The van der Waals surface area contributed by atoms with Gasteiger partial charge in [-0.1, -0.05) is 31.2 Å². The lowest BCUT2D eigenvalue weighted by molar-refractivity contribution is -0.387. The van der Waals surface area contributed by atoms with Crippen molar-refractivity contribution in [2.24, 2.45) is 7.05 Å². The molecule has 29 heavy (non-hydrogen) atoms. The van der Waals surface area contributed by atoms with Gasteiger partial charge in [-0.2, -0.15) is 0 Å². The zero-order valence-corrected chi connectivity index (χ0v) is 17.1. The molecule has 3 aromatic rings. The lowest BCUT2D eigenvalue weighted by Crippen LogP contribution is -2.26. The Kier molecular flexibility index (Phi) is 6.28. The van der Waals surface area contributed by atoms with Crippen LogP contribution in [-0.4, -0.2) is 25.6 Å². The maximum absolute atomic E-state index is 12.6. The number of nitro benzene ring substituents is 1. The number of rotatable bonds is 7. The third-order valence-corrected chi connectivity index (χ3v) is 5.64. The first-order valence-electron chi connectivity index (χ1n) is 9.09. The van der Waals surface area contributed by atoms with Crippen molar-refractivity contribution in [3.8, 4) is 0 Å². The zero-order valence-electron chi connectivity index (χ0n) is 16.3. The minimum Gasteiger partial charge on any atom is -0.346 e. The lowest BCUT2D eigenvalue weighted by atomic mass is 10.0. The largest absolute Gasteiger partial charge is 0.346 e. The summed E-state index contributed by atoms with van der Waals surface area (Å²) in [5.74, 6) is -0.365. The number of amides is 1. The van der Waals surface area contributed by atoms with Gasteiger partial charge in [0, 0.05) is 18.7 Å². The molecule has 1 aromatic heterocycles. The maximum atomic E-state index is 12.6. The maximum Gasteiger partial charge on any atom is 0.284 e. The molecule has 0 radical (unpaired) electrons. The summed E-state index contributed by atoms with van der Waals surface area (Å²) >= 11 is 1.13. The van der Waals surface area contributed by atoms with Crippen molar-refractivity contribution in [3.05, 3.63) is 75.6 Å². The van der Waals surface area contributed by atoms with E-state index in [1.54, 1.807) is 23.7 Å². The molecular weight excluding hydrogens is 390 g/mol. The van der Waals surface area contributed by atoms with E-state index in [0.717, 1.165) is 23.7 Å². The first kappa shape index (κ1) is 20.5. The fourth-order valence-electron chi connectivity index (χ4n) is 2.76. The second-order valence-electron chi connectivity index (χ2n) is 6.56. The normalized spacial score (nSPS) is 11.8. The number of nitrogens with one attached hydrogen (secondary N) is 1. The van der Waals surface area contributed by atoms with E-state index >= 15 is 0 Å². The molecule has 0 aliphatic heterocycles. The van der Waals surface area contributed by atoms with Crippen LogP contribution in [0.1, 0.15) is 41.4 Å². The molecule has 150 valence electrons. The average molecular weight is 411 g/mol. The summed E-state index contributed by atoms with van der Waals surface area (Å²) in [7, 11) is 1.75. The van der Waals surface area contributed by atoms with Crippen LogP contribution < -0.4 is 5.32 Å². The summed E-state index contributed by atoms with van der Waals surface area (Å²) in [6.45, 7) is 3.96. The Bertz CT molecular complexity index is 1030. The van der Waals surface area contributed by atoms with Crippen molar-refractivity contribution in [3.63, 3.8) is 0 Å². The third-order valence-electron chi connectivity index (χ3n) is 4.52. The predicted octanol–water partition coefficient (Wildman–Crippen LogP) is 3.93. The molecule has 0 aliphatic carbocycles. The van der Waals surface area contributed by atoms with Crippen LogP contribution in [0.15, 0.2) is 58.8 Å². The molecule has 0 aliphatic rings. The van der Waals surface area contributed by atoms with Crippen molar-refractivity contribution in [2.75, 3.05) is 0 Å². The summed E-state index contributed by atoms with van der Waals surface area (Å²) in [4.78, 5) is 24.1. The van der Waals surface area contributed by atoms with E-state index in [1.807, 2.05) is 31.2 Å². The highest BCUT2D eigenvalue weighted by molar-refractivity contribution is 7.99. The smallest absolute Gasteiger partial charge is 0.284 e. The highest BCUT2D eigenvalue weighted by atomic mass is 32.2. The van der Waals surface area contributed by atoms with E-state index in [0.29, 0.717) is 10.1 Å². The van der Waals surface area contributed by atoms with Crippen LogP contribution in [-0.2, 0) is 13.5 Å². The number of benzene rings is 2. The van der Waals surface area contributed by atoms with Gasteiger partial charge in [0.15, 0.2) is 5.16 Å². The molecule has 1 unspecified atom stereocenters. The molecule has 1 N–H and O–H groups in total. The van der Waals surface area contributed by atoms with Gasteiger partial charge < -0.3 is 9.88 Å². The Morgan fingerprint density at radius 3 is 2.59 bits per heavy atom. The molecule has 1 heterocycles. The van der Waals surface area contributed by atoms with Crippen LogP contribution in [0.2, 0.25) is 0 Å². The number of carbonyl (C=O) groups excluding carboxylic acids is 1. The highest BCUT2D eigenvalue weighted by Gasteiger charge is 2.21. The first-order valence-corrected chi connectivity index (χ1v) is 9.90. The molecule has 0 saturated carbocycles. The third kappa shape index (κ3) is 4.80. The number of nitro groups is 1. The molecule has 2 aromatic carbocycles. The van der Waals surface area contributed by atoms with Gasteiger partial charge in [-0.15, -0.1) is 10.2 Å². The highest BCUT2D eigenvalue weighted by Crippen LogP contribution is 2.34. The van der Waals surface area contributed by atoms with Crippen LogP contribution in [0.25, 0.3) is 0 Å². The molecule has 0 saturated heterocycles. The SMILES string of the molecule is CCc1ccc(C(C)NC(=O)c2ccc(Sc3nncn3C)c([N+](=O)[O-])c2)cc1. The summed E-state index contributed by atoms with van der Waals surface area (Å²) in [5, 5.41) is 22.6. The van der Waals surface area contributed by atoms with Gasteiger partial charge in [0.25, 0.3) is 11.6 Å². The van der Waals surface area contributed by atoms with E-state index in [4.69, 9.17) is 0 Å². The second kappa shape index (κ2) is 8.87. The fraction of sp³-hybridized carbons (Fsp3) is 0.250. The Morgan fingerprint density at radius 2 is 2.00 bits per heavy atom. The van der Waals surface area contributed by atoms with Crippen LogP contribution in [0.5, 0.6) is 0 Å². The fourth-order valence-corrected chi connectivity index (χ4v) is 3.61. The number of aryl methyl sites for hydroxylation is 2. The molecule has 0 fully saturated rings. The Morgan fingerprint density at radius 1 is 1.28 bits per heavy atom. The van der Waals surface area contributed by atoms with Gasteiger partial charge in [0.05, 0.1) is 15.9 Å². The molecule has 1 amide bonds. The topological polar surface area (TPSA) is 103 Å². The zero-order chi connectivity index (χ0) is 21.0. The summed E-state index contributed by atoms with van der Waals surface area (Å²) < 4.78 is 1.67. The van der Waals surface area contributed by atoms with Gasteiger partial charge in [-0.3, -0.25) is 14.9 Å². The number of aromatic nitrogens is 3. The Labute approximate surface area is 172 Å². The van der Waals surface area contributed by atoms with E-state index < -0.39 is 4.92 Å². The van der Waals surface area contributed by atoms with Crippen LogP contribution in [0.3, 0.4) is 0 Å². The van der Waals surface area contributed by atoms with Crippen molar-refractivity contribution in [2.45, 2.75) is 36.4 Å². The molecular formula is C20H21N5O3S. The lowest BCUT2D eigenvalue weighted by Gasteiger charge is -2.15. The number of nitrogens with zero attached hydrogens (tertiary/aromatic N) is 4. The number of hydrogen-bond acceptors (Lipinski definition) is 6. The summed E-state index contributed by atoms with van der Waals surface area (Å²) in [6, 6.07) is 12.2. The van der Waals surface area contributed by atoms with Gasteiger partial charge in [0.1, 0.15) is 6.33 Å². The molecule has 8 nitrogen and oxygen atoms in total. The van der Waals surface area contributed by atoms with Gasteiger partial charge >= 0.3 is 0 Å². The molecule has 1 atom stereocenters. The van der Waals surface area contributed by atoms with E-state index in [-0.39, 0.29) is 23.2 Å². The van der Waals surface area contributed by atoms with Crippen molar-refractivity contribution >= 4 is 23.4 Å². The van der Waals surface area contributed by atoms with Crippen molar-refractivity contribution in [1.82, 2.24) is 20.1 Å². The molecule has 3 rings (SSSR count). The average Bonchev–Trinajstić information content (AvgIpc) is 3.12. The van der Waals surface area contributed by atoms with Gasteiger partial charge in [0.2, 0.25) is 0 Å². The van der Waals surface area contributed by atoms with Gasteiger partial charge in [-0.25, -0.2) is 0 Å². The Balaban J connectivity index is 1.78. The monoisotopic (exact) mass is 411 g/mol. The molecule has 0 bridgehead atoms. The standard InChI is InChI=1S/C20H21N5O3S/c1-4-14-5-7-15(8-6-14)13(2)22-19(26)16-9-10-18(17(11-16)25(27)28)29-20-23-21-12-24(20)3/h5-13H,4H2,1-3H3,(H,22,26). The minimum absolute atomic E-state index is 0.148. The van der Waals surface area contributed by atoms with E-state index in [9.17, 15) is 14.9 Å². The molecule has 9 heteroatoms. The predicted molar refractivity (Wildman–Crippen MR) is 110 cm³/mol. The molecule has 0 spiro atoms.